The van der Waals surface area contributed by atoms with Gasteiger partial charge < -0.3 is 10.0 Å². The van der Waals surface area contributed by atoms with E-state index in [-0.39, 0.29) is 0 Å². The van der Waals surface area contributed by atoms with Crippen molar-refractivity contribution in [3.05, 3.63) is 23.3 Å². The fraction of sp³-hybridized carbons (Fsp3) is 0.400. The van der Waals surface area contributed by atoms with Crippen LogP contribution in [0.3, 0.4) is 0 Å². The van der Waals surface area contributed by atoms with Crippen LogP contribution >= 0.6 is 0 Å². The molecule has 0 spiro atoms. The minimum atomic E-state index is 0.404. The van der Waals surface area contributed by atoms with Gasteiger partial charge in [-0.25, -0.2) is 0 Å². The van der Waals surface area contributed by atoms with E-state index in [1.807, 2.05) is 45.0 Å². The predicted molar refractivity (Wildman–Crippen MR) is 51.9 cm³/mol. The number of hydrogen-bond donors (Lipinski definition) is 1. The van der Waals surface area contributed by atoms with Gasteiger partial charge in [-0.2, -0.15) is 0 Å². The highest BCUT2D eigenvalue weighted by atomic mass is 16.3. The summed E-state index contributed by atoms with van der Waals surface area (Å²) in [6.07, 6.45) is 0. The SMILES string of the molecule is Cc1ccc(N(C)C)c(C)c1O. The highest BCUT2D eigenvalue weighted by Crippen LogP contribution is 2.29. The fourth-order valence-electron chi connectivity index (χ4n) is 1.31. The average molecular weight is 165 g/mol. The van der Waals surface area contributed by atoms with Gasteiger partial charge in [0.05, 0.1) is 0 Å². The Morgan fingerprint density at radius 1 is 1.17 bits per heavy atom. The average Bonchev–Trinajstić information content (AvgIpc) is 2.00. The summed E-state index contributed by atoms with van der Waals surface area (Å²) in [5.74, 6) is 0.404. The van der Waals surface area contributed by atoms with E-state index in [0.29, 0.717) is 5.75 Å². The number of rotatable bonds is 1. The molecule has 0 bridgehead atoms. The number of benzene rings is 1. The molecule has 66 valence electrons. The highest BCUT2D eigenvalue weighted by molar-refractivity contribution is 5.59. The molecular weight excluding hydrogens is 150 g/mol. The highest BCUT2D eigenvalue weighted by Gasteiger charge is 2.06. The van der Waals surface area contributed by atoms with Crippen LogP contribution in [0.2, 0.25) is 0 Å². The summed E-state index contributed by atoms with van der Waals surface area (Å²) < 4.78 is 0. The lowest BCUT2D eigenvalue weighted by Gasteiger charge is -2.17. The normalized spacial score (nSPS) is 10.0. The molecule has 0 aliphatic carbocycles. The molecule has 1 rings (SSSR count). The van der Waals surface area contributed by atoms with E-state index in [2.05, 4.69) is 0 Å². The minimum Gasteiger partial charge on any atom is -0.507 e. The summed E-state index contributed by atoms with van der Waals surface area (Å²) in [6.45, 7) is 3.83. The lowest BCUT2D eigenvalue weighted by atomic mass is 10.1. The number of anilines is 1. The molecule has 1 aromatic rings. The van der Waals surface area contributed by atoms with E-state index in [0.717, 1.165) is 16.8 Å². The van der Waals surface area contributed by atoms with Gasteiger partial charge in [0.2, 0.25) is 0 Å². The summed E-state index contributed by atoms with van der Waals surface area (Å²) in [5, 5.41) is 9.61. The zero-order chi connectivity index (χ0) is 9.30. The van der Waals surface area contributed by atoms with Crippen LogP contribution < -0.4 is 4.90 Å². The van der Waals surface area contributed by atoms with Gasteiger partial charge in [0, 0.05) is 25.3 Å². The molecule has 0 saturated carbocycles. The summed E-state index contributed by atoms with van der Waals surface area (Å²) in [6, 6.07) is 3.95. The maximum Gasteiger partial charge on any atom is 0.123 e. The third-order valence-corrected chi connectivity index (χ3v) is 2.09. The second kappa shape index (κ2) is 3.05. The molecule has 1 aromatic carbocycles. The molecule has 0 aliphatic heterocycles. The Labute approximate surface area is 73.4 Å². The summed E-state index contributed by atoms with van der Waals surface area (Å²) in [7, 11) is 3.94. The molecule has 0 aliphatic rings. The van der Waals surface area contributed by atoms with E-state index >= 15 is 0 Å². The summed E-state index contributed by atoms with van der Waals surface area (Å²) >= 11 is 0. The lowest BCUT2D eigenvalue weighted by Crippen LogP contribution is -2.10. The zero-order valence-corrected chi connectivity index (χ0v) is 8.05. The topological polar surface area (TPSA) is 23.5 Å². The second-order valence-electron chi connectivity index (χ2n) is 3.27. The zero-order valence-electron chi connectivity index (χ0n) is 8.05. The van der Waals surface area contributed by atoms with Crippen LogP contribution in [0.25, 0.3) is 0 Å². The summed E-state index contributed by atoms with van der Waals surface area (Å²) in [5.41, 5.74) is 2.94. The Morgan fingerprint density at radius 3 is 2.25 bits per heavy atom. The monoisotopic (exact) mass is 165 g/mol. The van der Waals surface area contributed by atoms with Crippen molar-refractivity contribution in [1.82, 2.24) is 0 Å². The number of phenols is 1. The van der Waals surface area contributed by atoms with Crippen LogP contribution in [0.5, 0.6) is 5.75 Å². The van der Waals surface area contributed by atoms with Crippen molar-refractivity contribution in [2.75, 3.05) is 19.0 Å². The Morgan fingerprint density at radius 2 is 1.75 bits per heavy atom. The molecule has 0 aromatic heterocycles. The minimum absolute atomic E-state index is 0.404. The third-order valence-electron chi connectivity index (χ3n) is 2.09. The molecule has 0 amide bonds. The molecule has 0 saturated heterocycles. The molecule has 0 heterocycles. The van der Waals surface area contributed by atoms with Crippen molar-refractivity contribution < 1.29 is 5.11 Å². The first-order chi connectivity index (χ1) is 5.54. The first-order valence-corrected chi connectivity index (χ1v) is 4.00. The van der Waals surface area contributed by atoms with Crippen LogP contribution in [-0.2, 0) is 0 Å². The lowest BCUT2D eigenvalue weighted by molar-refractivity contribution is 0.467. The molecule has 1 N–H and O–H groups in total. The quantitative estimate of drug-likeness (QED) is 0.688. The molecule has 0 unspecified atom stereocenters. The van der Waals surface area contributed by atoms with E-state index in [4.69, 9.17) is 0 Å². The molecule has 2 heteroatoms. The van der Waals surface area contributed by atoms with Gasteiger partial charge >= 0.3 is 0 Å². The van der Waals surface area contributed by atoms with Gasteiger partial charge in [0.1, 0.15) is 5.75 Å². The molecule has 12 heavy (non-hydrogen) atoms. The smallest absolute Gasteiger partial charge is 0.123 e. The van der Waals surface area contributed by atoms with Gasteiger partial charge in [0.15, 0.2) is 0 Å². The molecule has 2 nitrogen and oxygen atoms in total. The van der Waals surface area contributed by atoms with Crippen molar-refractivity contribution >= 4 is 5.69 Å². The van der Waals surface area contributed by atoms with Gasteiger partial charge in [-0.15, -0.1) is 0 Å². The van der Waals surface area contributed by atoms with Crippen LogP contribution in [0.15, 0.2) is 12.1 Å². The predicted octanol–water partition coefficient (Wildman–Crippen LogP) is 2.08. The van der Waals surface area contributed by atoms with Crippen LogP contribution in [0.4, 0.5) is 5.69 Å². The number of phenolic OH excluding ortho intramolecular Hbond substituents is 1. The van der Waals surface area contributed by atoms with Crippen molar-refractivity contribution in [2.45, 2.75) is 13.8 Å². The number of aryl methyl sites for hydroxylation is 1. The van der Waals surface area contributed by atoms with Crippen molar-refractivity contribution in [3.63, 3.8) is 0 Å². The van der Waals surface area contributed by atoms with Gasteiger partial charge in [-0.05, 0) is 25.5 Å². The van der Waals surface area contributed by atoms with Crippen LogP contribution in [0, 0.1) is 13.8 Å². The molecule has 0 atom stereocenters. The van der Waals surface area contributed by atoms with Crippen LogP contribution in [-0.4, -0.2) is 19.2 Å². The van der Waals surface area contributed by atoms with E-state index in [1.54, 1.807) is 0 Å². The molecular formula is C10H15NO. The van der Waals surface area contributed by atoms with E-state index in [1.165, 1.54) is 0 Å². The Hall–Kier alpha value is -1.18. The number of nitrogens with zero attached hydrogens (tertiary/aromatic N) is 1. The van der Waals surface area contributed by atoms with Gasteiger partial charge in [0.25, 0.3) is 0 Å². The first-order valence-electron chi connectivity index (χ1n) is 4.00. The Bertz CT molecular complexity index is 292. The Kier molecular flexibility index (Phi) is 2.27. The van der Waals surface area contributed by atoms with Crippen molar-refractivity contribution in [3.8, 4) is 5.75 Å². The fourth-order valence-corrected chi connectivity index (χ4v) is 1.31. The standard InChI is InChI=1S/C10H15NO/c1-7-5-6-9(11(3)4)8(2)10(7)12/h5-6,12H,1-4H3. The van der Waals surface area contributed by atoms with Gasteiger partial charge in [-0.1, -0.05) is 6.07 Å². The number of aromatic hydroxyl groups is 1. The molecule has 0 fully saturated rings. The third kappa shape index (κ3) is 1.37. The largest absolute Gasteiger partial charge is 0.507 e. The Balaban J connectivity index is 3.27. The maximum atomic E-state index is 9.61. The van der Waals surface area contributed by atoms with Crippen molar-refractivity contribution in [1.29, 1.82) is 0 Å². The molecule has 0 radical (unpaired) electrons. The van der Waals surface area contributed by atoms with Crippen molar-refractivity contribution in [2.24, 2.45) is 0 Å². The summed E-state index contributed by atoms with van der Waals surface area (Å²) in [4.78, 5) is 1.99. The van der Waals surface area contributed by atoms with E-state index in [9.17, 15) is 5.11 Å². The second-order valence-corrected chi connectivity index (χ2v) is 3.27. The number of hydrogen-bond acceptors (Lipinski definition) is 2. The van der Waals surface area contributed by atoms with Gasteiger partial charge in [-0.3, -0.25) is 0 Å². The maximum absolute atomic E-state index is 9.61. The van der Waals surface area contributed by atoms with E-state index < -0.39 is 0 Å². The van der Waals surface area contributed by atoms with Crippen LogP contribution in [0.1, 0.15) is 11.1 Å². The first kappa shape index (κ1) is 8.91.